The molecule has 2 amide bonds. The van der Waals surface area contributed by atoms with E-state index < -0.39 is 23.2 Å². The maximum atomic E-state index is 15.4. The van der Waals surface area contributed by atoms with Crippen LogP contribution in [0.4, 0.5) is 21.5 Å². The number of carbonyl (C=O) groups is 2. The van der Waals surface area contributed by atoms with Crippen LogP contribution in [0.5, 0.6) is 17.8 Å². The lowest BCUT2D eigenvalue weighted by Crippen LogP contribution is -2.52. The Hall–Kier alpha value is -4.35. The average molecular weight is 631 g/mol. The van der Waals surface area contributed by atoms with Gasteiger partial charge in [0.15, 0.2) is 11.2 Å². The number of fused-ring (bicyclic) bond motifs is 1. The number of nitrogens with zero attached hydrogens (tertiary/aromatic N) is 4. The molecular formula is C30H30Cl2FN5O5. The third-order valence-corrected chi connectivity index (χ3v) is 7.44. The van der Waals surface area contributed by atoms with Crippen LogP contribution in [0.25, 0.3) is 0 Å². The van der Waals surface area contributed by atoms with E-state index in [2.05, 4.69) is 21.9 Å². The fraction of sp³-hybridized carbons (Fsp3) is 0.267. The second-order valence-corrected chi connectivity index (χ2v) is 10.8. The van der Waals surface area contributed by atoms with E-state index in [4.69, 9.17) is 37.4 Å². The summed E-state index contributed by atoms with van der Waals surface area (Å²) in [6.07, 6.45) is 2.57. The lowest BCUT2D eigenvalue weighted by atomic mass is 9.90. The Balaban J connectivity index is 1.91. The molecule has 3 aromatic rings. The number of benzene rings is 2. The Morgan fingerprint density at radius 3 is 2.23 bits per heavy atom. The molecule has 43 heavy (non-hydrogen) atoms. The molecule has 0 aliphatic carbocycles. The molecule has 0 saturated heterocycles. The molecule has 0 unspecified atom stereocenters. The van der Waals surface area contributed by atoms with E-state index in [1.165, 1.54) is 57.6 Å². The summed E-state index contributed by atoms with van der Waals surface area (Å²) in [6.45, 7) is 9.48. The summed E-state index contributed by atoms with van der Waals surface area (Å²) < 4.78 is 31.6. The first-order chi connectivity index (χ1) is 20.4. The van der Waals surface area contributed by atoms with Gasteiger partial charge in [-0.2, -0.15) is 9.97 Å². The zero-order valence-electron chi connectivity index (χ0n) is 24.4. The summed E-state index contributed by atoms with van der Waals surface area (Å²) in [7, 11) is 4.21. The molecular weight excluding hydrogens is 600 g/mol. The Morgan fingerprint density at radius 1 is 1.05 bits per heavy atom. The zero-order chi connectivity index (χ0) is 31.6. The van der Waals surface area contributed by atoms with Crippen LogP contribution in [0.3, 0.4) is 0 Å². The zero-order valence-corrected chi connectivity index (χ0v) is 25.9. The van der Waals surface area contributed by atoms with Crippen molar-refractivity contribution in [2.75, 3.05) is 36.4 Å². The minimum absolute atomic E-state index is 0.00541. The van der Waals surface area contributed by atoms with Crippen LogP contribution in [0.1, 0.15) is 26.3 Å². The largest absolute Gasteiger partial charge is 0.479 e. The van der Waals surface area contributed by atoms with Crippen molar-refractivity contribution < 1.29 is 28.2 Å². The van der Waals surface area contributed by atoms with Gasteiger partial charge in [0.05, 0.1) is 27.0 Å². The molecule has 0 bridgehead atoms. The molecule has 1 aromatic heterocycles. The Kier molecular flexibility index (Phi) is 9.17. The van der Waals surface area contributed by atoms with Gasteiger partial charge in [0.2, 0.25) is 11.8 Å². The Morgan fingerprint density at radius 2 is 1.65 bits per heavy atom. The van der Waals surface area contributed by atoms with Crippen LogP contribution < -0.4 is 29.3 Å². The normalized spacial score (nSPS) is 15.7. The van der Waals surface area contributed by atoms with Crippen LogP contribution in [-0.2, 0) is 15.1 Å². The van der Waals surface area contributed by atoms with Gasteiger partial charge in [-0.25, -0.2) is 4.39 Å². The highest BCUT2D eigenvalue weighted by Crippen LogP contribution is 2.45. The smallest absolute Gasteiger partial charge is 0.322 e. The standard InChI is InChI=1S/C30H30Cl2FN5O5/c1-16(2)17(3)37(25-26(41-5)35-29(43-7)36-27(25)42-6)13-12-24(39)38(23-15-19(32)9-11-21(23)33)30(4)20-10-8-18(31)14-22(20)34-28(30)40/h8-16H,3H2,1-2,4-7H3,(H,34,40)/b13-12+/t30-/m1/s1. The van der Waals surface area contributed by atoms with Gasteiger partial charge in [0.1, 0.15) is 5.82 Å². The van der Waals surface area contributed by atoms with Crippen molar-refractivity contribution in [3.63, 3.8) is 0 Å². The molecule has 0 fully saturated rings. The number of hydrogen-bond donors (Lipinski definition) is 1. The van der Waals surface area contributed by atoms with Gasteiger partial charge < -0.3 is 24.4 Å². The highest BCUT2D eigenvalue weighted by Gasteiger charge is 2.50. The first kappa shape index (κ1) is 31.6. The first-order valence-electron chi connectivity index (χ1n) is 13.0. The quantitative estimate of drug-likeness (QED) is 0.259. The SMILES string of the molecule is C=C(C(C)C)N(/C=C/C(=O)N(c1cc(Cl)ccc1F)[C@@]1(C)C(=O)Nc2cc(Cl)ccc21)c1c(OC)nc(OC)nc1OC. The van der Waals surface area contributed by atoms with Gasteiger partial charge in [0, 0.05) is 39.3 Å². The number of aromatic nitrogens is 2. The molecule has 0 saturated carbocycles. The molecule has 1 aliphatic rings. The predicted molar refractivity (Wildman–Crippen MR) is 164 cm³/mol. The molecule has 2 heterocycles. The van der Waals surface area contributed by atoms with Crippen LogP contribution in [0.2, 0.25) is 10.0 Å². The minimum Gasteiger partial charge on any atom is -0.479 e. The lowest BCUT2D eigenvalue weighted by Gasteiger charge is -2.36. The maximum Gasteiger partial charge on any atom is 0.322 e. The van der Waals surface area contributed by atoms with Gasteiger partial charge >= 0.3 is 6.01 Å². The van der Waals surface area contributed by atoms with Crippen molar-refractivity contribution in [2.24, 2.45) is 5.92 Å². The topological polar surface area (TPSA) is 106 Å². The van der Waals surface area contributed by atoms with Crippen LogP contribution in [-0.4, -0.2) is 43.1 Å². The lowest BCUT2D eigenvalue weighted by molar-refractivity contribution is -0.124. The first-order valence-corrected chi connectivity index (χ1v) is 13.7. The summed E-state index contributed by atoms with van der Waals surface area (Å²) in [5, 5.41) is 3.29. The number of methoxy groups -OCH3 is 3. The van der Waals surface area contributed by atoms with Crippen molar-refractivity contribution in [3.05, 3.63) is 82.4 Å². The molecule has 10 nitrogen and oxygen atoms in total. The highest BCUT2D eigenvalue weighted by atomic mass is 35.5. The fourth-order valence-corrected chi connectivity index (χ4v) is 4.99. The van der Waals surface area contributed by atoms with E-state index in [0.29, 0.717) is 22.0 Å². The van der Waals surface area contributed by atoms with E-state index >= 15 is 4.39 Å². The summed E-state index contributed by atoms with van der Waals surface area (Å²) in [6, 6.07) is 8.50. The molecule has 0 spiro atoms. The summed E-state index contributed by atoms with van der Waals surface area (Å²) in [5.41, 5.74) is -0.341. The van der Waals surface area contributed by atoms with Crippen molar-refractivity contribution >= 4 is 52.1 Å². The summed E-state index contributed by atoms with van der Waals surface area (Å²) in [4.78, 5) is 38.8. The van der Waals surface area contributed by atoms with Gasteiger partial charge in [0.25, 0.3) is 11.8 Å². The fourth-order valence-electron chi connectivity index (χ4n) is 4.65. The van der Waals surface area contributed by atoms with Gasteiger partial charge in [-0.15, -0.1) is 0 Å². The van der Waals surface area contributed by atoms with E-state index in [-0.39, 0.29) is 40.1 Å². The van der Waals surface area contributed by atoms with Crippen LogP contribution in [0, 0.1) is 11.7 Å². The van der Waals surface area contributed by atoms with Gasteiger partial charge in [-0.05, 0) is 43.2 Å². The van der Waals surface area contributed by atoms with E-state index in [1.807, 2.05) is 13.8 Å². The van der Waals surface area contributed by atoms with Gasteiger partial charge in [-0.3, -0.25) is 14.5 Å². The number of carbonyl (C=O) groups excluding carboxylic acids is 2. The van der Waals surface area contributed by atoms with Crippen molar-refractivity contribution in [1.29, 1.82) is 0 Å². The van der Waals surface area contributed by atoms with Gasteiger partial charge in [-0.1, -0.05) is 49.7 Å². The summed E-state index contributed by atoms with van der Waals surface area (Å²) in [5.74, 6) is -2.07. The number of amides is 2. The molecule has 226 valence electrons. The van der Waals surface area contributed by atoms with Crippen molar-refractivity contribution in [1.82, 2.24) is 9.97 Å². The number of nitrogens with one attached hydrogen (secondary N) is 1. The second-order valence-electron chi connectivity index (χ2n) is 9.89. The number of rotatable bonds is 10. The third-order valence-electron chi connectivity index (χ3n) is 6.96. The summed E-state index contributed by atoms with van der Waals surface area (Å²) >= 11 is 12.4. The molecule has 2 aromatic carbocycles. The van der Waals surface area contributed by atoms with Crippen LogP contribution >= 0.6 is 23.2 Å². The second kappa shape index (κ2) is 12.5. The minimum atomic E-state index is -1.69. The van der Waals surface area contributed by atoms with E-state index in [9.17, 15) is 9.59 Å². The Labute approximate surface area is 258 Å². The average Bonchev–Trinajstić information content (AvgIpc) is 3.22. The van der Waals surface area contributed by atoms with Crippen molar-refractivity contribution in [2.45, 2.75) is 26.3 Å². The van der Waals surface area contributed by atoms with Crippen LogP contribution in [0.15, 0.2) is 61.0 Å². The number of allylic oxidation sites excluding steroid dienone is 1. The molecule has 4 rings (SSSR count). The number of hydrogen-bond acceptors (Lipinski definition) is 8. The molecule has 13 heteroatoms. The van der Waals surface area contributed by atoms with E-state index in [0.717, 1.165) is 11.0 Å². The molecule has 1 N–H and O–H groups in total. The highest BCUT2D eigenvalue weighted by molar-refractivity contribution is 6.31. The maximum absolute atomic E-state index is 15.4. The third kappa shape index (κ3) is 5.82. The monoisotopic (exact) mass is 629 g/mol. The number of anilines is 3. The predicted octanol–water partition coefficient (Wildman–Crippen LogP) is 6.34. The Bertz CT molecular complexity index is 1610. The van der Waals surface area contributed by atoms with Crippen molar-refractivity contribution in [3.8, 4) is 17.8 Å². The number of ether oxygens (including phenoxy) is 3. The number of halogens is 3. The molecule has 1 aliphatic heterocycles. The van der Waals surface area contributed by atoms with E-state index in [1.54, 1.807) is 18.2 Å². The molecule has 1 atom stereocenters. The molecule has 0 radical (unpaired) electrons.